The van der Waals surface area contributed by atoms with Gasteiger partial charge in [0.15, 0.2) is 0 Å². The van der Waals surface area contributed by atoms with Crippen LogP contribution in [-0.4, -0.2) is 23.7 Å². The quantitative estimate of drug-likeness (QED) is 0.851. The first kappa shape index (κ1) is 13.8. The fraction of sp³-hybridized carbons (Fsp3) is 0.286. The van der Waals surface area contributed by atoms with Crippen LogP contribution in [0.5, 0.6) is 0 Å². The Hall–Kier alpha value is -1.65. The largest absolute Gasteiger partial charge is 0.384 e. The monoisotopic (exact) mass is 277 g/mol. The first-order valence-corrected chi connectivity index (χ1v) is 6.41. The molecule has 0 amide bonds. The topological polar surface area (TPSA) is 47.0 Å². The number of hydrogen-bond donors (Lipinski definition) is 1. The Kier molecular flexibility index (Phi) is 4.71. The Morgan fingerprint density at radius 2 is 2.11 bits per heavy atom. The Labute approximate surface area is 117 Å². The molecule has 0 aliphatic carbocycles. The van der Waals surface area contributed by atoms with Crippen LogP contribution in [0.15, 0.2) is 30.5 Å². The summed E-state index contributed by atoms with van der Waals surface area (Å²) in [7, 11) is 1.70. The molecule has 1 aromatic carbocycles. The van der Waals surface area contributed by atoms with E-state index in [0.29, 0.717) is 6.61 Å². The predicted molar refractivity (Wildman–Crippen MR) is 77.1 cm³/mol. The molecule has 1 N–H and O–H groups in total. The van der Waals surface area contributed by atoms with Gasteiger partial charge in [0.25, 0.3) is 0 Å². The summed E-state index contributed by atoms with van der Waals surface area (Å²) in [4.78, 5) is 8.15. The third kappa shape index (κ3) is 3.66. The number of halogens is 1. The molecular formula is C14H16ClN3O. The number of aromatic nitrogens is 2. The van der Waals surface area contributed by atoms with E-state index in [0.717, 1.165) is 23.5 Å². The number of benzene rings is 1. The van der Waals surface area contributed by atoms with Crippen LogP contribution in [0.4, 0.5) is 11.5 Å². The fourth-order valence-corrected chi connectivity index (χ4v) is 1.88. The van der Waals surface area contributed by atoms with Crippen LogP contribution >= 0.6 is 11.6 Å². The van der Waals surface area contributed by atoms with Gasteiger partial charge in [-0.3, -0.25) is 0 Å². The van der Waals surface area contributed by atoms with Crippen LogP contribution in [0, 0.1) is 6.92 Å². The van der Waals surface area contributed by atoms with Crippen LogP contribution in [0.1, 0.15) is 11.1 Å². The second-order valence-corrected chi connectivity index (χ2v) is 4.53. The van der Waals surface area contributed by atoms with Crippen molar-refractivity contribution in [1.82, 2.24) is 9.97 Å². The standard InChI is InChI=1S/C14H16ClN3O/c1-10-9-16-14(15)18-13(10)17-12-6-4-3-5-11(12)7-8-19-2/h3-6,9H,7-8H2,1-2H3,(H,16,17,18). The van der Waals surface area contributed by atoms with E-state index in [2.05, 4.69) is 21.4 Å². The van der Waals surface area contributed by atoms with Crippen molar-refractivity contribution in [3.8, 4) is 0 Å². The molecule has 0 unspecified atom stereocenters. The first-order chi connectivity index (χ1) is 9.20. The van der Waals surface area contributed by atoms with E-state index < -0.39 is 0 Å². The van der Waals surface area contributed by atoms with Gasteiger partial charge in [0, 0.05) is 24.6 Å². The molecule has 1 aromatic heterocycles. The number of anilines is 2. The lowest BCUT2D eigenvalue weighted by Crippen LogP contribution is -2.03. The number of nitrogens with zero attached hydrogens (tertiary/aromatic N) is 2. The van der Waals surface area contributed by atoms with E-state index in [1.807, 2.05) is 25.1 Å². The van der Waals surface area contributed by atoms with Crippen molar-refractivity contribution in [2.45, 2.75) is 13.3 Å². The van der Waals surface area contributed by atoms with Crippen molar-refractivity contribution in [3.05, 3.63) is 46.9 Å². The van der Waals surface area contributed by atoms with Gasteiger partial charge in [0.2, 0.25) is 5.28 Å². The summed E-state index contributed by atoms with van der Waals surface area (Å²) in [5, 5.41) is 3.54. The van der Waals surface area contributed by atoms with Crippen molar-refractivity contribution < 1.29 is 4.74 Å². The summed E-state index contributed by atoms with van der Waals surface area (Å²) in [5.74, 6) is 0.727. The lowest BCUT2D eigenvalue weighted by atomic mass is 10.1. The van der Waals surface area contributed by atoms with E-state index in [1.54, 1.807) is 13.3 Å². The molecule has 0 spiro atoms. The highest BCUT2D eigenvalue weighted by atomic mass is 35.5. The van der Waals surface area contributed by atoms with Crippen molar-refractivity contribution in [3.63, 3.8) is 0 Å². The fourth-order valence-electron chi connectivity index (χ4n) is 1.75. The smallest absolute Gasteiger partial charge is 0.224 e. The highest BCUT2D eigenvalue weighted by Gasteiger charge is 2.06. The number of aryl methyl sites for hydroxylation is 1. The van der Waals surface area contributed by atoms with Gasteiger partial charge in [-0.2, -0.15) is 0 Å². The lowest BCUT2D eigenvalue weighted by molar-refractivity contribution is 0.202. The maximum atomic E-state index is 5.82. The molecule has 0 saturated heterocycles. The number of nitrogens with one attached hydrogen (secondary N) is 1. The molecule has 19 heavy (non-hydrogen) atoms. The van der Waals surface area contributed by atoms with E-state index in [4.69, 9.17) is 16.3 Å². The molecule has 0 aliphatic heterocycles. The van der Waals surface area contributed by atoms with Crippen molar-refractivity contribution in [2.24, 2.45) is 0 Å². The maximum absolute atomic E-state index is 5.82. The van der Waals surface area contributed by atoms with E-state index in [1.165, 1.54) is 5.56 Å². The summed E-state index contributed by atoms with van der Waals surface area (Å²) in [6.45, 7) is 2.62. The van der Waals surface area contributed by atoms with Crippen LogP contribution in [0.3, 0.4) is 0 Å². The molecule has 2 rings (SSSR count). The molecule has 1 heterocycles. The van der Waals surface area contributed by atoms with Gasteiger partial charge < -0.3 is 10.1 Å². The summed E-state index contributed by atoms with van der Waals surface area (Å²) < 4.78 is 5.12. The molecule has 0 aliphatic rings. The average Bonchev–Trinajstić information content (AvgIpc) is 2.42. The zero-order valence-corrected chi connectivity index (χ0v) is 11.7. The minimum absolute atomic E-state index is 0.238. The Morgan fingerprint density at radius 1 is 1.32 bits per heavy atom. The van der Waals surface area contributed by atoms with Gasteiger partial charge >= 0.3 is 0 Å². The number of ether oxygens (including phenoxy) is 1. The van der Waals surface area contributed by atoms with Gasteiger partial charge in [0.1, 0.15) is 5.82 Å². The third-order valence-corrected chi connectivity index (χ3v) is 2.97. The molecule has 2 aromatic rings. The van der Waals surface area contributed by atoms with Crippen LogP contribution in [0.2, 0.25) is 5.28 Å². The zero-order chi connectivity index (χ0) is 13.7. The van der Waals surface area contributed by atoms with Gasteiger partial charge in [-0.15, -0.1) is 0 Å². The molecular weight excluding hydrogens is 262 g/mol. The highest BCUT2D eigenvalue weighted by Crippen LogP contribution is 2.22. The number of para-hydroxylation sites is 1. The number of hydrogen-bond acceptors (Lipinski definition) is 4. The van der Waals surface area contributed by atoms with Crippen LogP contribution in [0.25, 0.3) is 0 Å². The Morgan fingerprint density at radius 3 is 2.89 bits per heavy atom. The van der Waals surface area contributed by atoms with Crippen molar-refractivity contribution in [2.75, 3.05) is 19.0 Å². The molecule has 0 atom stereocenters. The predicted octanol–water partition coefficient (Wildman–Crippen LogP) is 3.37. The number of rotatable bonds is 5. The first-order valence-electron chi connectivity index (χ1n) is 6.03. The summed E-state index contributed by atoms with van der Waals surface area (Å²) >= 11 is 5.82. The number of methoxy groups -OCH3 is 1. The molecule has 0 fully saturated rings. The van der Waals surface area contributed by atoms with Gasteiger partial charge in [0.05, 0.1) is 6.61 Å². The summed E-state index contributed by atoms with van der Waals surface area (Å²) in [6, 6.07) is 8.08. The SMILES string of the molecule is COCCc1ccccc1Nc1nc(Cl)ncc1C. The molecule has 0 saturated carbocycles. The van der Waals surface area contributed by atoms with Crippen LogP contribution < -0.4 is 5.32 Å². The van der Waals surface area contributed by atoms with Crippen molar-refractivity contribution in [1.29, 1.82) is 0 Å². The molecule has 100 valence electrons. The lowest BCUT2D eigenvalue weighted by Gasteiger charge is -2.12. The summed E-state index contributed by atoms with van der Waals surface area (Å²) in [6.07, 6.45) is 2.55. The van der Waals surface area contributed by atoms with E-state index in [9.17, 15) is 0 Å². The normalized spacial score (nSPS) is 10.5. The van der Waals surface area contributed by atoms with Gasteiger partial charge in [-0.1, -0.05) is 18.2 Å². The Balaban J connectivity index is 2.25. The molecule has 4 nitrogen and oxygen atoms in total. The van der Waals surface area contributed by atoms with Gasteiger partial charge in [-0.25, -0.2) is 9.97 Å². The van der Waals surface area contributed by atoms with Crippen LogP contribution in [-0.2, 0) is 11.2 Å². The van der Waals surface area contributed by atoms with Crippen molar-refractivity contribution >= 4 is 23.1 Å². The minimum atomic E-state index is 0.238. The maximum Gasteiger partial charge on any atom is 0.224 e. The average molecular weight is 278 g/mol. The second-order valence-electron chi connectivity index (χ2n) is 4.20. The van der Waals surface area contributed by atoms with Gasteiger partial charge in [-0.05, 0) is 36.6 Å². The van der Waals surface area contributed by atoms with E-state index >= 15 is 0 Å². The second kappa shape index (κ2) is 6.50. The Bertz CT molecular complexity index is 560. The highest BCUT2D eigenvalue weighted by molar-refractivity contribution is 6.28. The summed E-state index contributed by atoms with van der Waals surface area (Å²) in [5.41, 5.74) is 3.14. The zero-order valence-electron chi connectivity index (χ0n) is 11.0. The molecule has 5 heteroatoms. The molecule has 0 radical (unpaired) electrons. The third-order valence-electron chi connectivity index (χ3n) is 2.79. The van der Waals surface area contributed by atoms with E-state index in [-0.39, 0.29) is 5.28 Å². The minimum Gasteiger partial charge on any atom is -0.384 e. The molecule has 0 bridgehead atoms.